The molecule has 2 aliphatic rings. The predicted octanol–water partition coefficient (Wildman–Crippen LogP) is 3.57. The molecule has 0 spiro atoms. The lowest BCUT2D eigenvalue weighted by atomic mass is 10.1. The summed E-state index contributed by atoms with van der Waals surface area (Å²) in [5, 5.41) is 16.0. The second kappa shape index (κ2) is 13.8. The van der Waals surface area contributed by atoms with Crippen molar-refractivity contribution in [2.24, 2.45) is 0 Å². The maximum absolute atomic E-state index is 14.5. The molecular weight excluding hydrogens is 643 g/mol. The van der Waals surface area contributed by atoms with Gasteiger partial charge < -0.3 is 14.8 Å². The predicted molar refractivity (Wildman–Crippen MR) is 158 cm³/mol. The van der Waals surface area contributed by atoms with Gasteiger partial charge in [-0.3, -0.25) is 9.69 Å². The van der Waals surface area contributed by atoms with Gasteiger partial charge in [-0.1, -0.05) is 11.6 Å². The van der Waals surface area contributed by atoms with Crippen LogP contribution in [0.1, 0.15) is 45.2 Å². The number of alkyl halides is 2. The van der Waals surface area contributed by atoms with E-state index in [0.29, 0.717) is 19.2 Å². The van der Waals surface area contributed by atoms with Gasteiger partial charge in [-0.25, -0.2) is 13.9 Å². The topological polar surface area (TPSA) is 150 Å². The van der Waals surface area contributed by atoms with Gasteiger partial charge in [-0.2, -0.15) is 36.2 Å². The van der Waals surface area contributed by atoms with Crippen LogP contribution in [0, 0.1) is 17.1 Å². The molecule has 1 amide bonds. The van der Waals surface area contributed by atoms with Crippen LogP contribution < -0.4 is 15.2 Å². The van der Waals surface area contributed by atoms with E-state index in [4.69, 9.17) is 26.3 Å². The van der Waals surface area contributed by atoms with Gasteiger partial charge >= 0.3 is 22.9 Å². The number of morpholine rings is 1. The number of hydrogen-bond acceptors (Lipinski definition) is 9. The average molecular weight is 676 g/mol. The summed E-state index contributed by atoms with van der Waals surface area (Å²) in [7, 11) is -4.89. The van der Waals surface area contributed by atoms with Crippen LogP contribution in [-0.4, -0.2) is 91.1 Å². The van der Waals surface area contributed by atoms with Crippen LogP contribution in [0.2, 0.25) is 5.02 Å². The first-order valence-electron chi connectivity index (χ1n) is 14.0. The van der Waals surface area contributed by atoms with Crippen molar-refractivity contribution in [3.8, 4) is 6.07 Å². The van der Waals surface area contributed by atoms with Crippen molar-refractivity contribution in [1.29, 1.82) is 5.26 Å². The summed E-state index contributed by atoms with van der Waals surface area (Å²) in [5.74, 6) is -1.29. The highest BCUT2D eigenvalue weighted by Crippen LogP contribution is 2.31. The van der Waals surface area contributed by atoms with Crippen molar-refractivity contribution < 1.29 is 35.9 Å². The van der Waals surface area contributed by atoms with Gasteiger partial charge in [0.05, 0.1) is 54.5 Å². The van der Waals surface area contributed by atoms with E-state index in [-0.39, 0.29) is 59.7 Å². The van der Waals surface area contributed by atoms with Crippen LogP contribution in [0.15, 0.2) is 29.2 Å². The number of piperidine rings is 1. The molecule has 246 valence electrons. The zero-order valence-electron chi connectivity index (χ0n) is 24.8. The number of rotatable bonds is 8. The minimum absolute atomic E-state index is 0.0342. The Labute approximate surface area is 263 Å². The Bertz CT molecular complexity index is 1610. The highest BCUT2D eigenvalue weighted by Gasteiger charge is 2.40. The van der Waals surface area contributed by atoms with Gasteiger partial charge in [0.25, 0.3) is 5.56 Å². The molecule has 4 rings (SSSR count). The lowest BCUT2D eigenvalue weighted by Gasteiger charge is -2.36. The molecule has 0 aliphatic carbocycles. The average Bonchev–Trinajstić information content (AvgIpc) is 2.98. The van der Waals surface area contributed by atoms with Gasteiger partial charge in [0.2, 0.25) is 0 Å². The Morgan fingerprint density at radius 3 is 2.58 bits per heavy atom. The van der Waals surface area contributed by atoms with Crippen LogP contribution >= 0.6 is 11.6 Å². The smallest absolute Gasteiger partial charge is 0.410 e. The fraction of sp³-hybridized carbons (Fsp3) is 0.556. The van der Waals surface area contributed by atoms with Crippen LogP contribution in [0.4, 0.5) is 29.3 Å². The number of hydrogen-bond donors (Lipinski definition) is 1. The minimum atomic E-state index is -4.89. The standard InChI is InChI=1S/C27H33ClF3N7O6S/c1-27(2,3)44-26(40)36-10-11-43-16-19(36)14-33-21-15-34-37(24(39)23(21)28)18-6-8-35(9-7-18)45(41,42)38(25(30)31)22-5-4-17(13-32)12-20(22)29/h4-5,12,15,18-19,25,33H,6-11,14,16H2,1-3H3. The van der Waals surface area contributed by atoms with Crippen molar-refractivity contribution in [3.05, 3.63) is 51.2 Å². The summed E-state index contributed by atoms with van der Waals surface area (Å²) in [6, 6.07) is 3.16. The molecule has 2 aliphatic heterocycles. The van der Waals surface area contributed by atoms with Crippen molar-refractivity contribution in [1.82, 2.24) is 19.0 Å². The van der Waals surface area contributed by atoms with Gasteiger partial charge in [0.15, 0.2) is 0 Å². The van der Waals surface area contributed by atoms with E-state index in [1.165, 1.54) is 11.1 Å². The third-order valence-corrected chi connectivity index (χ3v) is 9.40. The summed E-state index contributed by atoms with van der Waals surface area (Å²) in [5.41, 5.74) is -2.18. The molecule has 2 fully saturated rings. The highest BCUT2D eigenvalue weighted by atomic mass is 35.5. The van der Waals surface area contributed by atoms with E-state index in [0.717, 1.165) is 21.1 Å². The Hall–Kier alpha value is -3.59. The van der Waals surface area contributed by atoms with Gasteiger partial charge in [-0.05, 0) is 51.8 Å². The number of carbonyl (C=O) groups is 1. The van der Waals surface area contributed by atoms with Crippen molar-refractivity contribution in [3.63, 3.8) is 0 Å². The number of ether oxygens (including phenoxy) is 2. The van der Waals surface area contributed by atoms with Crippen molar-refractivity contribution in [2.75, 3.05) is 49.0 Å². The molecule has 13 nitrogen and oxygen atoms in total. The summed E-state index contributed by atoms with van der Waals surface area (Å²) in [4.78, 5) is 27.3. The summed E-state index contributed by atoms with van der Waals surface area (Å²) >= 11 is 6.38. The molecule has 2 aromatic rings. The number of nitrogens with one attached hydrogen (secondary N) is 1. The van der Waals surface area contributed by atoms with Gasteiger partial charge in [0, 0.05) is 26.2 Å². The monoisotopic (exact) mass is 675 g/mol. The van der Waals surface area contributed by atoms with Crippen LogP contribution in [0.3, 0.4) is 0 Å². The molecule has 0 radical (unpaired) electrons. The maximum Gasteiger partial charge on any atom is 0.410 e. The first-order chi connectivity index (χ1) is 21.1. The van der Waals surface area contributed by atoms with E-state index in [1.54, 1.807) is 26.8 Å². The summed E-state index contributed by atoms with van der Waals surface area (Å²) in [6.45, 7) is 2.24. The SMILES string of the molecule is CC(C)(C)OC(=O)N1CCOCC1CNc1cnn(C2CCN(S(=O)(=O)N(c3ccc(C#N)cc3F)C(F)F)CC2)c(=O)c1Cl. The quantitative estimate of drug-likeness (QED) is 0.415. The van der Waals surface area contributed by atoms with Gasteiger partial charge in [-0.15, -0.1) is 0 Å². The van der Waals surface area contributed by atoms with E-state index in [2.05, 4.69) is 10.4 Å². The lowest BCUT2D eigenvalue weighted by Crippen LogP contribution is -2.53. The van der Waals surface area contributed by atoms with Crippen molar-refractivity contribution in [2.45, 2.75) is 57.8 Å². The fourth-order valence-corrected chi connectivity index (χ4v) is 6.69. The zero-order valence-corrected chi connectivity index (χ0v) is 26.3. The molecule has 1 aromatic heterocycles. The molecular formula is C27H33ClF3N7O6S. The third kappa shape index (κ3) is 7.80. The normalized spacial score (nSPS) is 18.5. The van der Waals surface area contributed by atoms with Crippen molar-refractivity contribution >= 4 is 39.3 Å². The summed E-state index contributed by atoms with van der Waals surface area (Å²) in [6.07, 6.45) is 0.906. The maximum atomic E-state index is 14.5. The molecule has 3 heterocycles. The van der Waals surface area contributed by atoms with E-state index in [9.17, 15) is 31.2 Å². The van der Waals surface area contributed by atoms with Crippen LogP contribution in [0.5, 0.6) is 0 Å². The van der Waals surface area contributed by atoms with Crippen LogP contribution in [-0.2, 0) is 19.7 Å². The Morgan fingerprint density at radius 2 is 1.98 bits per heavy atom. The number of halogens is 4. The largest absolute Gasteiger partial charge is 0.444 e. The second-order valence-electron chi connectivity index (χ2n) is 11.4. The van der Waals surface area contributed by atoms with Gasteiger partial charge in [0.1, 0.15) is 16.4 Å². The zero-order chi connectivity index (χ0) is 33.1. The molecule has 18 heteroatoms. The number of nitrogens with zero attached hydrogens (tertiary/aromatic N) is 6. The lowest BCUT2D eigenvalue weighted by molar-refractivity contribution is -0.0290. The van der Waals surface area contributed by atoms with E-state index < -0.39 is 57.6 Å². The Balaban J connectivity index is 1.43. The highest BCUT2D eigenvalue weighted by molar-refractivity contribution is 7.90. The first-order valence-corrected chi connectivity index (χ1v) is 15.8. The molecule has 2 saturated heterocycles. The Morgan fingerprint density at radius 1 is 1.29 bits per heavy atom. The van der Waals surface area contributed by atoms with Crippen LogP contribution in [0.25, 0.3) is 0 Å². The van der Waals surface area contributed by atoms with E-state index in [1.807, 2.05) is 0 Å². The molecule has 1 aromatic carbocycles. The summed E-state index contributed by atoms with van der Waals surface area (Å²) < 4.78 is 81.3. The number of aromatic nitrogens is 2. The number of nitriles is 1. The molecule has 45 heavy (non-hydrogen) atoms. The van der Waals surface area contributed by atoms with E-state index >= 15 is 0 Å². The molecule has 0 bridgehead atoms. The molecule has 1 N–H and O–H groups in total. The first kappa shape index (κ1) is 34.3. The molecule has 1 unspecified atom stereocenters. The molecule has 1 atom stereocenters. The minimum Gasteiger partial charge on any atom is -0.444 e. The third-order valence-electron chi connectivity index (χ3n) is 7.16. The second-order valence-corrected chi connectivity index (χ2v) is 13.6. The number of carbonyl (C=O) groups excluding carboxylic acids is 1. The number of amides is 1. The number of anilines is 2. The Kier molecular flexibility index (Phi) is 10.5. The molecule has 0 saturated carbocycles. The fourth-order valence-electron chi connectivity index (χ4n) is 4.97. The number of benzene rings is 1.